The molecule has 2 aromatic heterocycles. The molecule has 1 fully saturated rings. The maximum absolute atomic E-state index is 12.7. The van der Waals surface area contributed by atoms with E-state index in [4.69, 9.17) is 28.2 Å². The van der Waals surface area contributed by atoms with E-state index in [9.17, 15) is 4.79 Å². The summed E-state index contributed by atoms with van der Waals surface area (Å²) in [6.07, 6.45) is 4.96. The zero-order chi connectivity index (χ0) is 18.1. The lowest BCUT2D eigenvalue weighted by Crippen LogP contribution is -2.27. The number of thiocarbonyl (C=S) groups is 1. The molecule has 1 aliphatic rings. The molecule has 1 aromatic carbocycles. The molecule has 1 saturated heterocycles. The van der Waals surface area contributed by atoms with Crippen LogP contribution in [0.15, 0.2) is 70.2 Å². The number of pyridine rings is 1. The molecule has 1 amide bonds. The maximum atomic E-state index is 12.7. The van der Waals surface area contributed by atoms with Crippen molar-refractivity contribution in [3.05, 3.63) is 76.6 Å². The number of carbonyl (C=O) groups is 1. The van der Waals surface area contributed by atoms with Crippen LogP contribution < -0.4 is 4.90 Å². The summed E-state index contributed by atoms with van der Waals surface area (Å²) in [5.74, 6) is 1.11. The second kappa shape index (κ2) is 7.07. The zero-order valence-corrected chi connectivity index (χ0v) is 15.6. The summed E-state index contributed by atoms with van der Waals surface area (Å²) < 4.78 is 6.31. The van der Waals surface area contributed by atoms with E-state index in [-0.39, 0.29) is 5.91 Å². The Kier molecular flexibility index (Phi) is 4.63. The summed E-state index contributed by atoms with van der Waals surface area (Å²) in [4.78, 5) is 18.7. The number of amides is 1. The SMILES string of the molecule is O=C1/C(=C/c2ccc(-c3ccc(Cl)cc3)o2)SC(=S)N1c1cccnc1. The molecule has 0 bridgehead atoms. The number of benzene rings is 1. The number of rotatable bonds is 3. The highest BCUT2D eigenvalue weighted by molar-refractivity contribution is 8.27. The molecule has 0 radical (unpaired) electrons. The number of carbonyl (C=O) groups excluding carboxylic acids is 1. The van der Waals surface area contributed by atoms with Crippen molar-refractivity contribution in [1.29, 1.82) is 0 Å². The highest BCUT2D eigenvalue weighted by Gasteiger charge is 2.33. The molecule has 128 valence electrons. The first kappa shape index (κ1) is 17.0. The quantitative estimate of drug-likeness (QED) is 0.436. The van der Waals surface area contributed by atoms with Gasteiger partial charge in [0, 0.05) is 22.9 Å². The van der Waals surface area contributed by atoms with Crippen molar-refractivity contribution >= 4 is 57.6 Å². The van der Waals surface area contributed by atoms with Crippen molar-refractivity contribution in [2.75, 3.05) is 4.90 Å². The van der Waals surface area contributed by atoms with Crippen LogP contribution >= 0.6 is 35.6 Å². The molecule has 4 rings (SSSR count). The van der Waals surface area contributed by atoms with Crippen LogP contribution in [0.3, 0.4) is 0 Å². The van der Waals surface area contributed by atoms with E-state index in [1.807, 2.05) is 24.3 Å². The van der Waals surface area contributed by atoms with Crippen molar-refractivity contribution in [1.82, 2.24) is 4.98 Å². The van der Waals surface area contributed by atoms with E-state index in [1.54, 1.807) is 42.7 Å². The Morgan fingerprint density at radius 3 is 2.69 bits per heavy atom. The molecule has 3 heterocycles. The van der Waals surface area contributed by atoms with Crippen molar-refractivity contribution in [2.45, 2.75) is 0 Å². The number of anilines is 1. The van der Waals surface area contributed by atoms with Gasteiger partial charge < -0.3 is 4.42 Å². The van der Waals surface area contributed by atoms with E-state index in [0.717, 1.165) is 5.56 Å². The van der Waals surface area contributed by atoms with Crippen LogP contribution in [0.5, 0.6) is 0 Å². The fraction of sp³-hybridized carbons (Fsp3) is 0. The average molecular weight is 399 g/mol. The van der Waals surface area contributed by atoms with Crippen molar-refractivity contribution < 1.29 is 9.21 Å². The minimum absolute atomic E-state index is 0.183. The summed E-state index contributed by atoms with van der Waals surface area (Å²) in [6, 6.07) is 14.6. The standard InChI is InChI=1S/C19H11ClN2O2S2/c20-13-5-3-12(4-6-13)16-8-7-15(24-16)10-17-18(23)22(19(25)26-17)14-2-1-9-21-11-14/h1-11H/b17-10-. The molecular formula is C19H11ClN2O2S2. The molecule has 0 atom stereocenters. The Bertz CT molecular complexity index is 1010. The molecule has 0 aliphatic carbocycles. The Morgan fingerprint density at radius 2 is 1.96 bits per heavy atom. The Balaban J connectivity index is 1.60. The third-order valence-electron chi connectivity index (χ3n) is 3.73. The van der Waals surface area contributed by atoms with Crippen LogP contribution in [0.1, 0.15) is 5.76 Å². The van der Waals surface area contributed by atoms with Gasteiger partial charge in [-0.25, -0.2) is 0 Å². The third kappa shape index (κ3) is 3.31. The Hall–Kier alpha value is -2.41. The maximum Gasteiger partial charge on any atom is 0.270 e. The lowest BCUT2D eigenvalue weighted by atomic mass is 10.2. The Labute approximate surface area is 164 Å². The number of aromatic nitrogens is 1. The van der Waals surface area contributed by atoms with Gasteiger partial charge in [-0.3, -0.25) is 14.7 Å². The Morgan fingerprint density at radius 1 is 1.15 bits per heavy atom. The normalized spacial score (nSPS) is 15.9. The van der Waals surface area contributed by atoms with Crippen molar-refractivity contribution in [3.8, 4) is 11.3 Å². The lowest BCUT2D eigenvalue weighted by molar-refractivity contribution is -0.113. The van der Waals surface area contributed by atoms with E-state index in [2.05, 4.69) is 4.98 Å². The minimum Gasteiger partial charge on any atom is -0.457 e. The molecule has 4 nitrogen and oxygen atoms in total. The smallest absolute Gasteiger partial charge is 0.270 e. The predicted molar refractivity (Wildman–Crippen MR) is 109 cm³/mol. The zero-order valence-electron chi connectivity index (χ0n) is 13.3. The van der Waals surface area contributed by atoms with E-state index in [0.29, 0.717) is 31.5 Å². The van der Waals surface area contributed by atoms with Gasteiger partial charge >= 0.3 is 0 Å². The topological polar surface area (TPSA) is 46.3 Å². The number of halogens is 1. The van der Waals surface area contributed by atoms with Crippen molar-refractivity contribution in [3.63, 3.8) is 0 Å². The van der Waals surface area contributed by atoms with Gasteiger partial charge in [0.1, 0.15) is 11.5 Å². The van der Waals surface area contributed by atoms with Crippen LogP contribution in [-0.2, 0) is 4.79 Å². The number of hydrogen-bond donors (Lipinski definition) is 0. The van der Waals surface area contributed by atoms with Crippen LogP contribution in [0.25, 0.3) is 17.4 Å². The summed E-state index contributed by atoms with van der Waals surface area (Å²) in [5, 5.41) is 0.666. The molecule has 0 N–H and O–H groups in total. The average Bonchev–Trinajstić information content (AvgIpc) is 3.21. The third-order valence-corrected chi connectivity index (χ3v) is 5.28. The molecule has 0 unspecified atom stereocenters. The van der Waals surface area contributed by atoms with Gasteiger partial charge in [-0.05, 0) is 48.5 Å². The summed E-state index contributed by atoms with van der Waals surface area (Å²) in [6.45, 7) is 0. The first-order valence-corrected chi connectivity index (χ1v) is 9.26. The van der Waals surface area contributed by atoms with Gasteiger partial charge in [-0.1, -0.05) is 35.6 Å². The fourth-order valence-electron chi connectivity index (χ4n) is 2.51. The molecule has 26 heavy (non-hydrogen) atoms. The first-order valence-electron chi connectivity index (χ1n) is 7.65. The fourth-order valence-corrected chi connectivity index (χ4v) is 3.91. The van der Waals surface area contributed by atoms with E-state index in [1.165, 1.54) is 16.7 Å². The van der Waals surface area contributed by atoms with Crippen LogP contribution in [-0.4, -0.2) is 15.2 Å². The van der Waals surface area contributed by atoms with Gasteiger partial charge in [0.15, 0.2) is 4.32 Å². The van der Waals surface area contributed by atoms with Crippen molar-refractivity contribution in [2.24, 2.45) is 0 Å². The van der Waals surface area contributed by atoms with Crippen LogP contribution in [0, 0.1) is 0 Å². The van der Waals surface area contributed by atoms with Crippen LogP contribution in [0.2, 0.25) is 5.02 Å². The summed E-state index contributed by atoms with van der Waals surface area (Å²) >= 11 is 12.5. The largest absolute Gasteiger partial charge is 0.457 e. The van der Waals surface area contributed by atoms with Gasteiger partial charge in [-0.2, -0.15) is 0 Å². The highest BCUT2D eigenvalue weighted by atomic mass is 35.5. The minimum atomic E-state index is -0.183. The van der Waals surface area contributed by atoms with E-state index < -0.39 is 0 Å². The lowest BCUT2D eigenvalue weighted by Gasteiger charge is -2.13. The predicted octanol–water partition coefficient (Wildman–Crippen LogP) is 5.40. The monoisotopic (exact) mass is 398 g/mol. The van der Waals surface area contributed by atoms with Gasteiger partial charge in [0.05, 0.1) is 16.8 Å². The van der Waals surface area contributed by atoms with Gasteiger partial charge in [0.25, 0.3) is 5.91 Å². The number of thioether (sulfide) groups is 1. The number of hydrogen-bond acceptors (Lipinski definition) is 5. The molecule has 1 aliphatic heterocycles. The molecular weight excluding hydrogens is 388 g/mol. The molecule has 0 saturated carbocycles. The van der Waals surface area contributed by atoms with Gasteiger partial charge in [0.2, 0.25) is 0 Å². The molecule has 3 aromatic rings. The summed E-state index contributed by atoms with van der Waals surface area (Å²) in [7, 11) is 0. The molecule has 0 spiro atoms. The number of furan rings is 1. The summed E-state index contributed by atoms with van der Waals surface area (Å²) in [5.41, 5.74) is 1.57. The van der Waals surface area contributed by atoms with E-state index >= 15 is 0 Å². The second-order valence-corrected chi connectivity index (χ2v) is 7.55. The highest BCUT2D eigenvalue weighted by Crippen LogP contribution is 2.36. The van der Waals surface area contributed by atoms with Crippen LogP contribution in [0.4, 0.5) is 5.69 Å². The molecule has 7 heteroatoms. The number of nitrogens with zero attached hydrogens (tertiary/aromatic N) is 2. The van der Waals surface area contributed by atoms with Gasteiger partial charge in [-0.15, -0.1) is 0 Å². The first-order chi connectivity index (χ1) is 12.6. The second-order valence-electron chi connectivity index (χ2n) is 5.44.